The molecule has 0 fully saturated rings. The number of nitrogens with one attached hydrogen (secondary N) is 2. The summed E-state index contributed by atoms with van der Waals surface area (Å²) < 4.78 is 29.4. The number of rotatable bonds is 7. The zero-order valence-corrected chi connectivity index (χ0v) is 17.7. The molecule has 2 aromatic carbocycles. The van der Waals surface area contributed by atoms with E-state index in [2.05, 4.69) is 20.1 Å². The Labute approximate surface area is 181 Å². The fraction of sp³-hybridized carbons (Fsp3) is 0.227. The average Bonchev–Trinajstić information content (AvgIpc) is 3.45. The number of sulfonamides is 1. The predicted molar refractivity (Wildman–Crippen MR) is 119 cm³/mol. The van der Waals surface area contributed by atoms with Crippen LogP contribution in [0.3, 0.4) is 0 Å². The van der Waals surface area contributed by atoms with Crippen molar-refractivity contribution in [2.75, 3.05) is 11.9 Å². The summed E-state index contributed by atoms with van der Waals surface area (Å²) in [5.41, 5.74) is 2.33. The first-order chi connectivity index (χ1) is 15.0. The molecule has 1 aliphatic rings. The fourth-order valence-corrected chi connectivity index (χ4v) is 4.40. The second-order valence-electron chi connectivity index (χ2n) is 7.24. The molecular formula is C22H23N5O3S. The molecule has 3 aromatic rings. The zero-order chi connectivity index (χ0) is 21.7. The Bertz CT molecular complexity index is 1200. The van der Waals surface area contributed by atoms with Gasteiger partial charge in [-0.1, -0.05) is 24.3 Å². The number of carbonyl (C=O) groups excluding carboxylic acids is 1. The van der Waals surface area contributed by atoms with Gasteiger partial charge in [0.1, 0.15) is 5.84 Å². The van der Waals surface area contributed by atoms with Crippen LogP contribution in [-0.4, -0.2) is 36.5 Å². The molecule has 31 heavy (non-hydrogen) atoms. The quantitative estimate of drug-likeness (QED) is 0.593. The molecule has 1 aliphatic heterocycles. The van der Waals surface area contributed by atoms with Crippen molar-refractivity contribution in [1.82, 2.24) is 14.5 Å². The van der Waals surface area contributed by atoms with Crippen LogP contribution in [0.1, 0.15) is 24.8 Å². The summed E-state index contributed by atoms with van der Waals surface area (Å²) in [6.07, 6.45) is 5.89. The van der Waals surface area contributed by atoms with Gasteiger partial charge in [-0.25, -0.2) is 13.1 Å². The number of carbonyl (C=O) groups is 1. The van der Waals surface area contributed by atoms with Gasteiger partial charge < -0.3 is 5.32 Å². The summed E-state index contributed by atoms with van der Waals surface area (Å²) in [7, 11) is -3.72. The lowest BCUT2D eigenvalue weighted by Gasteiger charge is -2.10. The van der Waals surface area contributed by atoms with E-state index in [4.69, 9.17) is 0 Å². The van der Waals surface area contributed by atoms with Gasteiger partial charge in [-0.15, -0.1) is 0 Å². The molecule has 4 rings (SSSR count). The summed E-state index contributed by atoms with van der Waals surface area (Å²) >= 11 is 0. The van der Waals surface area contributed by atoms with E-state index in [-0.39, 0.29) is 17.2 Å². The highest BCUT2D eigenvalue weighted by Crippen LogP contribution is 2.17. The van der Waals surface area contributed by atoms with Crippen molar-refractivity contribution in [3.05, 3.63) is 72.6 Å². The van der Waals surface area contributed by atoms with Crippen molar-refractivity contribution >= 4 is 27.5 Å². The molecule has 160 valence electrons. The zero-order valence-electron chi connectivity index (χ0n) is 16.9. The van der Waals surface area contributed by atoms with E-state index in [1.807, 2.05) is 36.5 Å². The molecule has 0 aliphatic carbocycles. The topological polar surface area (TPSA) is 105 Å². The molecule has 1 aromatic heterocycles. The number of hydrogen-bond donors (Lipinski definition) is 2. The lowest BCUT2D eigenvalue weighted by atomic mass is 10.2. The van der Waals surface area contributed by atoms with Gasteiger partial charge in [0.25, 0.3) is 10.0 Å². The molecule has 1 amide bonds. The first-order valence-electron chi connectivity index (χ1n) is 10.0. The molecule has 0 spiro atoms. The van der Waals surface area contributed by atoms with Crippen LogP contribution in [0.15, 0.2) is 76.9 Å². The number of amidine groups is 1. The van der Waals surface area contributed by atoms with Crippen molar-refractivity contribution in [1.29, 1.82) is 0 Å². The molecule has 0 atom stereocenters. The highest BCUT2D eigenvalue weighted by molar-refractivity contribution is 7.90. The third-order valence-corrected chi connectivity index (χ3v) is 6.23. The van der Waals surface area contributed by atoms with Crippen LogP contribution >= 0.6 is 0 Å². The maximum absolute atomic E-state index is 12.5. The van der Waals surface area contributed by atoms with Crippen molar-refractivity contribution in [2.45, 2.75) is 30.6 Å². The Kier molecular flexibility index (Phi) is 6.13. The van der Waals surface area contributed by atoms with Crippen molar-refractivity contribution in [3.63, 3.8) is 0 Å². The van der Waals surface area contributed by atoms with Gasteiger partial charge in [0, 0.05) is 31.3 Å². The van der Waals surface area contributed by atoms with Crippen LogP contribution in [0.2, 0.25) is 0 Å². The molecule has 2 N–H and O–H groups in total. The Morgan fingerprint density at radius 1 is 1.10 bits per heavy atom. The third kappa shape index (κ3) is 5.37. The van der Waals surface area contributed by atoms with Gasteiger partial charge >= 0.3 is 0 Å². The number of anilines is 1. The minimum atomic E-state index is -3.72. The van der Waals surface area contributed by atoms with Crippen LogP contribution in [0.4, 0.5) is 5.69 Å². The van der Waals surface area contributed by atoms with Crippen molar-refractivity contribution < 1.29 is 13.2 Å². The summed E-state index contributed by atoms with van der Waals surface area (Å²) in [5.74, 6) is 0.278. The van der Waals surface area contributed by atoms with Crippen LogP contribution in [0.5, 0.6) is 0 Å². The van der Waals surface area contributed by atoms with Gasteiger partial charge in [0.05, 0.1) is 16.8 Å². The number of para-hydroxylation sites is 1. The second kappa shape index (κ2) is 9.13. The summed E-state index contributed by atoms with van der Waals surface area (Å²) in [4.78, 5) is 16.6. The molecule has 0 saturated heterocycles. The average molecular weight is 438 g/mol. The number of aryl methyl sites for hydroxylation is 1. The normalized spacial score (nSPS) is 13.6. The predicted octanol–water partition coefficient (Wildman–Crippen LogP) is 2.91. The molecule has 0 radical (unpaired) electrons. The van der Waals surface area contributed by atoms with E-state index in [0.717, 1.165) is 17.7 Å². The summed E-state index contributed by atoms with van der Waals surface area (Å²) in [6.45, 7) is 0.637. The van der Waals surface area contributed by atoms with Crippen molar-refractivity contribution in [2.24, 2.45) is 4.99 Å². The highest BCUT2D eigenvalue weighted by atomic mass is 32.2. The van der Waals surface area contributed by atoms with Crippen LogP contribution in [0, 0.1) is 0 Å². The SMILES string of the molecule is O=C(CCc1cnn(-c2ccccc2)c1)Nc1cccc(S(=O)(=O)NC2=NCCC2)c1. The standard InChI is InChI=1S/C22H23N5O3S/c28-22(12-11-17-15-24-27(16-17)19-7-2-1-3-8-19)25-18-6-4-9-20(14-18)31(29,30)26-21-10-5-13-23-21/h1-4,6-9,14-16H,5,10-13H2,(H,23,26)(H,25,28). The summed E-state index contributed by atoms with van der Waals surface area (Å²) in [5, 5.41) is 7.10. The molecular weight excluding hydrogens is 414 g/mol. The molecule has 0 saturated carbocycles. The number of nitrogens with zero attached hydrogens (tertiary/aromatic N) is 3. The monoisotopic (exact) mass is 437 g/mol. The first kappa shape index (κ1) is 20.8. The lowest BCUT2D eigenvalue weighted by molar-refractivity contribution is -0.116. The molecule has 9 heteroatoms. The number of amides is 1. The van der Waals surface area contributed by atoms with Crippen LogP contribution in [0.25, 0.3) is 5.69 Å². The van der Waals surface area contributed by atoms with E-state index in [1.54, 1.807) is 23.0 Å². The van der Waals surface area contributed by atoms with E-state index in [0.29, 0.717) is 30.9 Å². The van der Waals surface area contributed by atoms with Gasteiger partial charge in [-0.3, -0.25) is 14.5 Å². The molecule has 8 nitrogen and oxygen atoms in total. The first-order valence-corrected chi connectivity index (χ1v) is 11.5. The highest BCUT2D eigenvalue weighted by Gasteiger charge is 2.18. The lowest BCUT2D eigenvalue weighted by Crippen LogP contribution is -2.29. The Hall–Kier alpha value is -3.46. The van der Waals surface area contributed by atoms with Gasteiger partial charge in [-0.2, -0.15) is 5.10 Å². The van der Waals surface area contributed by atoms with Crippen LogP contribution in [-0.2, 0) is 21.2 Å². The Morgan fingerprint density at radius 2 is 1.94 bits per heavy atom. The minimum absolute atomic E-state index is 0.0871. The van der Waals surface area contributed by atoms with E-state index in [9.17, 15) is 13.2 Å². The van der Waals surface area contributed by atoms with Gasteiger partial charge in [0.2, 0.25) is 5.91 Å². The second-order valence-corrected chi connectivity index (χ2v) is 8.92. The Balaban J connectivity index is 1.35. The van der Waals surface area contributed by atoms with Crippen molar-refractivity contribution in [3.8, 4) is 5.69 Å². The third-order valence-electron chi connectivity index (χ3n) is 4.85. The number of aromatic nitrogens is 2. The van der Waals surface area contributed by atoms with E-state index in [1.165, 1.54) is 12.1 Å². The number of hydrogen-bond acceptors (Lipinski definition) is 5. The molecule has 0 unspecified atom stereocenters. The van der Waals surface area contributed by atoms with E-state index < -0.39 is 10.0 Å². The van der Waals surface area contributed by atoms with E-state index >= 15 is 0 Å². The fourth-order valence-electron chi connectivity index (χ4n) is 3.27. The summed E-state index contributed by atoms with van der Waals surface area (Å²) in [6, 6.07) is 15.9. The largest absolute Gasteiger partial charge is 0.326 e. The minimum Gasteiger partial charge on any atom is -0.326 e. The van der Waals surface area contributed by atoms with Gasteiger partial charge in [-0.05, 0) is 48.7 Å². The molecule has 0 bridgehead atoms. The number of aliphatic imine (C=N–C) groups is 1. The maximum Gasteiger partial charge on any atom is 0.262 e. The van der Waals surface area contributed by atoms with Gasteiger partial charge in [0.15, 0.2) is 0 Å². The smallest absolute Gasteiger partial charge is 0.262 e. The van der Waals surface area contributed by atoms with Crippen LogP contribution < -0.4 is 10.0 Å². The molecule has 2 heterocycles. The number of benzene rings is 2. The Morgan fingerprint density at radius 3 is 2.71 bits per heavy atom. The maximum atomic E-state index is 12.5.